The summed E-state index contributed by atoms with van der Waals surface area (Å²) in [4.78, 5) is 24.6. The Bertz CT molecular complexity index is 1320. The number of rotatable bonds is 73. The first kappa shape index (κ1) is 82.3. The Balaban J connectivity index is 3.35. The number of nitrogens with one attached hydrogen (secondary N) is 1. The summed E-state index contributed by atoms with van der Waals surface area (Å²) >= 11 is 0. The number of esters is 1. The first-order valence-corrected chi connectivity index (χ1v) is 38.6. The van der Waals surface area contributed by atoms with Gasteiger partial charge in [-0.05, 0) is 57.8 Å². The molecule has 2 atom stereocenters. The molecule has 0 saturated heterocycles. The van der Waals surface area contributed by atoms with Crippen molar-refractivity contribution in [3.63, 3.8) is 0 Å². The van der Waals surface area contributed by atoms with Crippen LogP contribution in [0.3, 0.4) is 0 Å². The molecule has 0 aromatic rings. The first-order valence-electron chi connectivity index (χ1n) is 38.6. The predicted octanol–water partition coefficient (Wildman–Crippen LogP) is 25.3. The average molecular weight is 1180 g/mol. The zero-order valence-electron chi connectivity index (χ0n) is 57.2. The van der Waals surface area contributed by atoms with Gasteiger partial charge in [-0.1, -0.05) is 391 Å². The van der Waals surface area contributed by atoms with E-state index >= 15 is 0 Å². The Labute approximate surface area is 526 Å². The van der Waals surface area contributed by atoms with Crippen molar-refractivity contribution in [2.75, 3.05) is 13.2 Å². The molecule has 0 aromatic heterocycles. The molecule has 498 valence electrons. The lowest BCUT2D eigenvalue weighted by molar-refractivity contribution is -0.143. The third-order valence-corrected chi connectivity index (χ3v) is 18.2. The molecule has 0 heterocycles. The number of amides is 1. The zero-order valence-corrected chi connectivity index (χ0v) is 57.2. The van der Waals surface area contributed by atoms with Gasteiger partial charge in [0.05, 0.1) is 25.4 Å². The molecule has 84 heavy (non-hydrogen) atoms. The number of unbranched alkanes of at least 4 members (excludes halogenated alkanes) is 60. The van der Waals surface area contributed by atoms with Crippen molar-refractivity contribution in [1.82, 2.24) is 5.32 Å². The van der Waals surface area contributed by atoms with Crippen molar-refractivity contribution in [2.24, 2.45) is 0 Å². The van der Waals surface area contributed by atoms with Crippen LogP contribution in [0, 0.1) is 0 Å². The fraction of sp³-hybridized carbons (Fsp3) is 0.923. The Morgan fingerprint density at radius 2 is 0.560 bits per heavy atom. The second kappa shape index (κ2) is 73.8. The summed E-state index contributed by atoms with van der Waals surface area (Å²) in [5.41, 5.74) is 0. The quantitative estimate of drug-likeness (QED) is 0.0320. The van der Waals surface area contributed by atoms with Crippen LogP contribution in [0.5, 0.6) is 0 Å². The van der Waals surface area contributed by atoms with Crippen LogP contribution in [0.1, 0.15) is 438 Å². The molecule has 0 fully saturated rings. The Kier molecular flexibility index (Phi) is 72.3. The molecule has 0 aliphatic rings. The smallest absolute Gasteiger partial charge is 0.305 e. The topological polar surface area (TPSA) is 95.9 Å². The lowest BCUT2D eigenvalue weighted by Crippen LogP contribution is -2.45. The van der Waals surface area contributed by atoms with Gasteiger partial charge in [0, 0.05) is 12.8 Å². The molecular formula is C78H151NO5. The summed E-state index contributed by atoms with van der Waals surface area (Å²) < 4.78 is 5.51. The van der Waals surface area contributed by atoms with Crippen molar-refractivity contribution in [3.8, 4) is 0 Å². The molecule has 3 N–H and O–H groups in total. The SMILES string of the molecule is CCCCCCCCC/C=C\CCCCCCCCCC(=O)OCCCCCCCCCCCCCCCCCCCCCCCCCCCCCCCC(=O)NC(CO)C(O)/C=C/CCCCCCCCCCCCCCCCCCCC. The van der Waals surface area contributed by atoms with Crippen molar-refractivity contribution in [1.29, 1.82) is 0 Å². The molecule has 2 unspecified atom stereocenters. The number of carbonyl (C=O) groups excluding carboxylic acids is 2. The summed E-state index contributed by atoms with van der Waals surface area (Å²) in [7, 11) is 0. The van der Waals surface area contributed by atoms with Gasteiger partial charge in [0.15, 0.2) is 0 Å². The number of hydrogen-bond acceptors (Lipinski definition) is 5. The van der Waals surface area contributed by atoms with E-state index in [1.807, 2.05) is 6.08 Å². The van der Waals surface area contributed by atoms with Gasteiger partial charge in [-0.3, -0.25) is 9.59 Å². The molecule has 0 radical (unpaired) electrons. The molecule has 0 rings (SSSR count). The number of ether oxygens (including phenoxy) is 1. The van der Waals surface area contributed by atoms with Gasteiger partial charge in [-0.2, -0.15) is 0 Å². The highest BCUT2D eigenvalue weighted by Crippen LogP contribution is 2.20. The number of aliphatic hydroxyl groups is 2. The summed E-state index contributed by atoms with van der Waals surface area (Å²) in [6.45, 7) is 4.95. The van der Waals surface area contributed by atoms with E-state index in [1.165, 1.54) is 366 Å². The van der Waals surface area contributed by atoms with E-state index in [0.29, 0.717) is 19.4 Å². The minimum absolute atomic E-state index is 0.0173. The highest BCUT2D eigenvalue weighted by Gasteiger charge is 2.18. The summed E-state index contributed by atoms with van der Waals surface area (Å²) in [6.07, 6.45) is 94.3. The Morgan fingerprint density at radius 1 is 0.321 bits per heavy atom. The maximum absolute atomic E-state index is 12.5. The maximum Gasteiger partial charge on any atom is 0.305 e. The minimum Gasteiger partial charge on any atom is -0.466 e. The van der Waals surface area contributed by atoms with Gasteiger partial charge in [0.2, 0.25) is 5.91 Å². The molecule has 6 nitrogen and oxygen atoms in total. The van der Waals surface area contributed by atoms with Crippen LogP contribution in [0.4, 0.5) is 0 Å². The maximum atomic E-state index is 12.5. The van der Waals surface area contributed by atoms with Crippen molar-refractivity contribution < 1.29 is 24.5 Å². The van der Waals surface area contributed by atoms with E-state index in [9.17, 15) is 19.8 Å². The molecule has 0 spiro atoms. The molecule has 0 aliphatic heterocycles. The summed E-state index contributed by atoms with van der Waals surface area (Å²) in [5.74, 6) is -0.0427. The second-order valence-corrected chi connectivity index (χ2v) is 26.7. The number of allylic oxidation sites excluding steroid dienone is 3. The van der Waals surface area contributed by atoms with Crippen LogP contribution in [0.25, 0.3) is 0 Å². The van der Waals surface area contributed by atoms with Crippen LogP contribution < -0.4 is 5.32 Å². The summed E-state index contributed by atoms with van der Waals surface area (Å²) in [6, 6.07) is -0.626. The fourth-order valence-electron chi connectivity index (χ4n) is 12.3. The third-order valence-electron chi connectivity index (χ3n) is 18.2. The largest absolute Gasteiger partial charge is 0.466 e. The predicted molar refractivity (Wildman–Crippen MR) is 370 cm³/mol. The fourth-order valence-corrected chi connectivity index (χ4v) is 12.3. The van der Waals surface area contributed by atoms with E-state index < -0.39 is 12.1 Å². The van der Waals surface area contributed by atoms with E-state index in [-0.39, 0.29) is 18.5 Å². The van der Waals surface area contributed by atoms with Crippen LogP contribution in [-0.4, -0.2) is 47.4 Å². The lowest BCUT2D eigenvalue weighted by atomic mass is 10.0. The van der Waals surface area contributed by atoms with Crippen molar-refractivity contribution >= 4 is 11.9 Å². The first-order chi connectivity index (χ1) is 41.5. The number of hydrogen-bond donors (Lipinski definition) is 3. The normalized spacial score (nSPS) is 12.6. The van der Waals surface area contributed by atoms with Crippen LogP contribution in [-0.2, 0) is 14.3 Å². The number of carbonyl (C=O) groups is 2. The third kappa shape index (κ3) is 69.4. The standard InChI is InChI=1S/C78H151NO5/c1-3-5-7-9-11-13-15-17-19-21-23-35-38-42-46-50-54-58-62-66-70-76(81)75(74-80)79-77(82)71-67-63-59-55-51-47-43-39-36-33-31-29-27-25-24-26-28-30-32-34-37-41-45-49-53-57-61-65-69-73-84-78(83)72-68-64-60-56-52-48-44-40-22-20-18-16-14-12-10-8-6-4-2/h20,22,66,70,75-76,80-81H,3-19,21,23-65,67-69,71-74H2,1-2H3,(H,79,82)/b22-20-,70-66+. The van der Waals surface area contributed by atoms with Gasteiger partial charge in [0.1, 0.15) is 0 Å². The van der Waals surface area contributed by atoms with E-state index in [4.69, 9.17) is 4.74 Å². The van der Waals surface area contributed by atoms with Crippen LogP contribution >= 0.6 is 0 Å². The zero-order chi connectivity index (χ0) is 60.6. The van der Waals surface area contributed by atoms with Crippen LogP contribution in [0.15, 0.2) is 24.3 Å². The van der Waals surface area contributed by atoms with E-state index in [0.717, 1.165) is 44.9 Å². The van der Waals surface area contributed by atoms with Gasteiger partial charge < -0.3 is 20.3 Å². The monoisotopic (exact) mass is 1180 g/mol. The lowest BCUT2D eigenvalue weighted by Gasteiger charge is -2.20. The Morgan fingerprint density at radius 3 is 0.845 bits per heavy atom. The number of aliphatic hydroxyl groups excluding tert-OH is 2. The van der Waals surface area contributed by atoms with Gasteiger partial charge in [-0.25, -0.2) is 0 Å². The highest BCUT2D eigenvalue weighted by atomic mass is 16.5. The van der Waals surface area contributed by atoms with E-state index in [1.54, 1.807) is 6.08 Å². The molecule has 1 amide bonds. The van der Waals surface area contributed by atoms with E-state index in [2.05, 4.69) is 31.3 Å². The Hall–Kier alpha value is -1.66. The minimum atomic E-state index is -0.843. The second-order valence-electron chi connectivity index (χ2n) is 26.7. The molecular weight excluding hydrogens is 1030 g/mol. The molecule has 0 aromatic carbocycles. The van der Waals surface area contributed by atoms with Gasteiger partial charge in [-0.15, -0.1) is 0 Å². The summed E-state index contributed by atoms with van der Waals surface area (Å²) in [5, 5.41) is 23.3. The van der Waals surface area contributed by atoms with Gasteiger partial charge >= 0.3 is 5.97 Å². The molecule has 0 saturated carbocycles. The molecule has 0 aliphatic carbocycles. The van der Waals surface area contributed by atoms with Crippen LogP contribution in [0.2, 0.25) is 0 Å². The van der Waals surface area contributed by atoms with Crippen molar-refractivity contribution in [3.05, 3.63) is 24.3 Å². The van der Waals surface area contributed by atoms with Gasteiger partial charge in [0.25, 0.3) is 0 Å². The van der Waals surface area contributed by atoms with Crippen molar-refractivity contribution in [2.45, 2.75) is 450 Å². The molecule has 0 bridgehead atoms. The highest BCUT2D eigenvalue weighted by molar-refractivity contribution is 5.76. The average Bonchev–Trinajstić information content (AvgIpc) is 3.51. The molecule has 6 heteroatoms.